The standard InChI is InChI=1S/C12H20N2S2/c1-8(2)14-12(5-10(4)16-7-12)11-13-9(3)6-15-11/h6,8,10,14H,5,7H2,1-4H3. The molecule has 1 aliphatic heterocycles. The van der Waals surface area contributed by atoms with Crippen LogP contribution >= 0.6 is 23.1 Å². The molecule has 90 valence electrons. The van der Waals surface area contributed by atoms with Gasteiger partial charge in [0.15, 0.2) is 0 Å². The number of rotatable bonds is 3. The molecule has 1 fully saturated rings. The van der Waals surface area contributed by atoms with E-state index in [-0.39, 0.29) is 5.54 Å². The van der Waals surface area contributed by atoms with E-state index in [0.29, 0.717) is 6.04 Å². The molecule has 0 bridgehead atoms. The number of thiazole rings is 1. The number of aromatic nitrogens is 1. The summed E-state index contributed by atoms with van der Waals surface area (Å²) in [5.74, 6) is 1.15. The van der Waals surface area contributed by atoms with Crippen LogP contribution in [0.25, 0.3) is 0 Å². The van der Waals surface area contributed by atoms with Crippen LogP contribution in [-0.2, 0) is 5.54 Å². The molecule has 0 spiro atoms. The van der Waals surface area contributed by atoms with E-state index in [2.05, 4.69) is 50.2 Å². The Kier molecular flexibility index (Phi) is 3.62. The fourth-order valence-corrected chi connectivity index (χ4v) is 4.70. The SMILES string of the molecule is Cc1csc(C2(NC(C)C)CSC(C)C2)n1. The molecule has 2 rings (SSSR count). The van der Waals surface area contributed by atoms with Crippen molar-refractivity contribution in [3.8, 4) is 0 Å². The van der Waals surface area contributed by atoms with Crippen LogP contribution in [0.1, 0.15) is 37.9 Å². The zero-order chi connectivity index (χ0) is 11.8. The lowest BCUT2D eigenvalue weighted by atomic mass is 9.96. The van der Waals surface area contributed by atoms with E-state index >= 15 is 0 Å². The summed E-state index contributed by atoms with van der Waals surface area (Å²) in [4.78, 5) is 4.70. The highest BCUT2D eigenvalue weighted by Gasteiger charge is 2.42. The summed E-state index contributed by atoms with van der Waals surface area (Å²) < 4.78 is 0. The van der Waals surface area contributed by atoms with Crippen LogP contribution < -0.4 is 5.32 Å². The Balaban J connectivity index is 2.27. The van der Waals surface area contributed by atoms with E-state index in [1.165, 1.54) is 11.4 Å². The quantitative estimate of drug-likeness (QED) is 0.899. The lowest BCUT2D eigenvalue weighted by Gasteiger charge is -2.30. The molecule has 4 heteroatoms. The average molecular weight is 256 g/mol. The van der Waals surface area contributed by atoms with Crippen LogP contribution in [0, 0.1) is 6.92 Å². The van der Waals surface area contributed by atoms with Crippen molar-refractivity contribution in [2.24, 2.45) is 0 Å². The molecule has 0 amide bonds. The molecule has 1 aromatic heterocycles. The summed E-state index contributed by atoms with van der Waals surface area (Å²) in [7, 11) is 0. The van der Waals surface area contributed by atoms with Crippen molar-refractivity contribution in [1.29, 1.82) is 0 Å². The van der Waals surface area contributed by atoms with Gasteiger partial charge in [0, 0.05) is 28.1 Å². The molecule has 0 aromatic carbocycles. The van der Waals surface area contributed by atoms with Crippen molar-refractivity contribution >= 4 is 23.1 Å². The van der Waals surface area contributed by atoms with Crippen molar-refractivity contribution in [3.05, 3.63) is 16.1 Å². The minimum Gasteiger partial charge on any atom is -0.302 e. The van der Waals surface area contributed by atoms with Crippen molar-refractivity contribution in [3.63, 3.8) is 0 Å². The molecular weight excluding hydrogens is 236 g/mol. The molecule has 1 saturated heterocycles. The Morgan fingerprint density at radius 2 is 2.31 bits per heavy atom. The van der Waals surface area contributed by atoms with Crippen molar-refractivity contribution in [1.82, 2.24) is 10.3 Å². The van der Waals surface area contributed by atoms with Crippen molar-refractivity contribution in [2.75, 3.05) is 5.75 Å². The highest BCUT2D eigenvalue weighted by atomic mass is 32.2. The van der Waals surface area contributed by atoms with Crippen LogP contribution in [-0.4, -0.2) is 22.0 Å². The van der Waals surface area contributed by atoms with Gasteiger partial charge in [-0.2, -0.15) is 11.8 Å². The summed E-state index contributed by atoms with van der Waals surface area (Å²) in [6, 6.07) is 0.509. The minimum absolute atomic E-state index is 0.122. The molecule has 1 N–H and O–H groups in total. The van der Waals surface area contributed by atoms with Gasteiger partial charge in [0.05, 0.1) is 5.54 Å². The summed E-state index contributed by atoms with van der Waals surface area (Å²) >= 11 is 3.86. The van der Waals surface area contributed by atoms with Crippen LogP contribution in [0.15, 0.2) is 5.38 Å². The van der Waals surface area contributed by atoms with Gasteiger partial charge in [-0.15, -0.1) is 11.3 Å². The van der Waals surface area contributed by atoms with Gasteiger partial charge in [0.25, 0.3) is 0 Å². The van der Waals surface area contributed by atoms with E-state index in [1.54, 1.807) is 11.3 Å². The van der Waals surface area contributed by atoms with Gasteiger partial charge in [-0.1, -0.05) is 6.92 Å². The minimum atomic E-state index is 0.122. The fraction of sp³-hybridized carbons (Fsp3) is 0.750. The molecule has 0 saturated carbocycles. The van der Waals surface area contributed by atoms with Crippen LogP contribution in [0.4, 0.5) is 0 Å². The monoisotopic (exact) mass is 256 g/mol. The Morgan fingerprint density at radius 3 is 2.75 bits per heavy atom. The Morgan fingerprint density at radius 1 is 1.56 bits per heavy atom. The third-order valence-corrected chi connectivity index (χ3v) is 5.40. The van der Waals surface area contributed by atoms with E-state index in [1.807, 2.05) is 0 Å². The summed E-state index contributed by atoms with van der Waals surface area (Å²) in [5.41, 5.74) is 1.27. The third kappa shape index (κ3) is 2.44. The average Bonchev–Trinajstić information content (AvgIpc) is 2.73. The Labute approximate surface area is 106 Å². The molecule has 2 unspecified atom stereocenters. The number of nitrogens with one attached hydrogen (secondary N) is 1. The van der Waals surface area contributed by atoms with Crippen molar-refractivity contribution < 1.29 is 0 Å². The first kappa shape index (κ1) is 12.4. The van der Waals surface area contributed by atoms with E-state index in [9.17, 15) is 0 Å². The van der Waals surface area contributed by atoms with Crippen LogP contribution in [0.2, 0.25) is 0 Å². The predicted molar refractivity (Wildman–Crippen MR) is 73.3 cm³/mol. The number of thioether (sulfide) groups is 1. The lowest BCUT2D eigenvalue weighted by Crippen LogP contribution is -2.46. The van der Waals surface area contributed by atoms with Crippen LogP contribution in [0.3, 0.4) is 0 Å². The van der Waals surface area contributed by atoms with Gasteiger partial charge in [-0.3, -0.25) is 0 Å². The zero-order valence-corrected chi connectivity index (χ0v) is 12.0. The second kappa shape index (κ2) is 4.67. The van der Waals surface area contributed by atoms with Gasteiger partial charge < -0.3 is 5.32 Å². The normalized spacial score (nSPS) is 30.2. The number of nitrogens with zero attached hydrogens (tertiary/aromatic N) is 1. The Bertz CT molecular complexity index is 362. The van der Waals surface area contributed by atoms with Gasteiger partial charge in [-0.05, 0) is 27.2 Å². The van der Waals surface area contributed by atoms with Gasteiger partial charge in [0.1, 0.15) is 5.01 Å². The molecular formula is C12H20N2S2. The maximum Gasteiger partial charge on any atom is 0.114 e. The molecule has 2 heterocycles. The summed E-state index contributed by atoms with van der Waals surface area (Å²) in [6.07, 6.45) is 1.20. The number of hydrogen-bond donors (Lipinski definition) is 1. The molecule has 16 heavy (non-hydrogen) atoms. The maximum atomic E-state index is 4.70. The first-order valence-electron chi connectivity index (χ1n) is 5.84. The van der Waals surface area contributed by atoms with Gasteiger partial charge in [0.2, 0.25) is 0 Å². The number of hydrogen-bond acceptors (Lipinski definition) is 4. The molecule has 2 atom stereocenters. The second-order valence-corrected chi connectivity index (χ2v) is 7.29. The lowest BCUT2D eigenvalue weighted by molar-refractivity contribution is 0.330. The number of aryl methyl sites for hydroxylation is 1. The zero-order valence-electron chi connectivity index (χ0n) is 10.4. The third-order valence-electron chi connectivity index (χ3n) is 2.84. The van der Waals surface area contributed by atoms with Crippen molar-refractivity contribution in [2.45, 2.75) is 50.9 Å². The van der Waals surface area contributed by atoms with E-state index in [4.69, 9.17) is 4.98 Å². The molecule has 1 aliphatic rings. The Hall–Kier alpha value is -0.0600. The van der Waals surface area contributed by atoms with E-state index < -0.39 is 0 Å². The molecule has 2 nitrogen and oxygen atoms in total. The van der Waals surface area contributed by atoms with Gasteiger partial charge in [-0.25, -0.2) is 4.98 Å². The first-order valence-corrected chi connectivity index (χ1v) is 7.76. The van der Waals surface area contributed by atoms with E-state index in [0.717, 1.165) is 16.7 Å². The topological polar surface area (TPSA) is 24.9 Å². The largest absolute Gasteiger partial charge is 0.302 e. The summed E-state index contributed by atoms with van der Waals surface area (Å²) in [5, 5.41) is 7.91. The smallest absolute Gasteiger partial charge is 0.114 e. The second-order valence-electron chi connectivity index (χ2n) is 5.00. The van der Waals surface area contributed by atoms with Gasteiger partial charge >= 0.3 is 0 Å². The highest BCUT2D eigenvalue weighted by Crippen LogP contribution is 2.42. The van der Waals surface area contributed by atoms with Crippen LogP contribution in [0.5, 0.6) is 0 Å². The highest BCUT2D eigenvalue weighted by molar-refractivity contribution is 8.00. The predicted octanol–water partition coefficient (Wildman–Crippen LogP) is 3.17. The molecule has 0 radical (unpaired) electrons. The molecule has 1 aromatic rings. The summed E-state index contributed by atoms with van der Waals surface area (Å²) in [6.45, 7) is 8.83. The fourth-order valence-electron chi connectivity index (χ4n) is 2.33. The first-order chi connectivity index (χ1) is 7.52. The molecule has 0 aliphatic carbocycles. The maximum absolute atomic E-state index is 4.70.